The van der Waals surface area contributed by atoms with E-state index < -0.39 is 23.5 Å². The van der Waals surface area contributed by atoms with Crippen LogP contribution in [0.15, 0.2) is 60.8 Å². The fraction of sp³-hybridized carbons (Fsp3) is 0.167. The van der Waals surface area contributed by atoms with E-state index in [1.54, 1.807) is 0 Å². The minimum atomic E-state index is -4.70. The molecule has 1 amide bonds. The van der Waals surface area contributed by atoms with E-state index in [1.165, 1.54) is 24.7 Å². The third-order valence-corrected chi connectivity index (χ3v) is 5.29. The van der Waals surface area contributed by atoms with Crippen LogP contribution in [0.5, 0.6) is 0 Å². The van der Waals surface area contributed by atoms with Crippen LogP contribution < -0.4 is 16.0 Å². The van der Waals surface area contributed by atoms with Crippen molar-refractivity contribution >= 4 is 28.8 Å². The quantitative estimate of drug-likeness (QED) is 0.338. The minimum absolute atomic E-state index is 0.0226. The molecule has 9 heteroatoms. The van der Waals surface area contributed by atoms with Crippen molar-refractivity contribution in [1.29, 1.82) is 0 Å². The molecule has 0 saturated carbocycles. The summed E-state index contributed by atoms with van der Waals surface area (Å²) in [6, 6.07) is 10.1. The maximum atomic E-state index is 13.7. The van der Waals surface area contributed by atoms with Gasteiger partial charge in [-0.1, -0.05) is 18.2 Å². The molecule has 2 aromatic carbocycles. The number of carbonyl (C=O) groups excluding carboxylic acids is 1. The van der Waals surface area contributed by atoms with Crippen LogP contribution in [0.4, 0.5) is 40.4 Å². The molecule has 33 heavy (non-hydrogen) atoms. The van der Waals surface area contributed by atoms with E-state index in [0.717, 1.165) is 36.1 Å². The molecule has 4 rings (SSSR count). The fourth-order valence-corrected chi connectivity index (χ4v) is 3.74. The van der Waals surface area contributed by atoms with Gasteiger partial charge in [0.05, 0.1) is 22.5 Å². The normalized spacial score (nSPS) is 12.9. The molecule has 5 nitrogen and oxygen atoms in total. The maximum Gasteiger partial charge on any atom is 0.419 e. The molecule has 0 atom stereocenters. The molecule has 0 radical (unpaired) electrons. The molecule has 0 spiro atoms. The molecule has 1 aliphatic carbocycles. The Morgan fingerprint density at radius 1 is 1.00 bits per heavy atom. The monoisotopic (exact) mass is 456 g/mol. The van der Waals surface area contributed by atoms with Gasteiger partial charge in [-0.25, -0.2) is 9.37 Å². The lowest BCUT2D eigenvalue weighted by molar-refractivity contribution is -0.137. The number of amides is 1. The summed E-state index contributed by atoms with van der Waals surface area (Å²) in [6.07, 6.45) is -2.42. The number of anilines is 4. The summed E-state index contributed by atoms with van der Waals surface area (Å²) in [5.74, 6) is -1.16. The number of allylic oxidation sites excluding steroid dienone is 1. The van der Waals surface area contributed by atoms with Gasteiger partial charge in [-0.15, -0.1) is 0 Å². The van der Waals surface area contributed by atoms with Crippen molar-refractivity contribution < 1.29 is 22.4 Å². The highest BCUT2D eigenvalue weighted by Crippen LogP contribution is 2.38. The predicted molar refractivity (Wildman–Crippen MR) is 119 cm³/mol. The fourth-order valence-electron chi connectivity index (χ4n) is 3.74. The molecule has 170 valence electrons. The minimum Gasteiger partial charge on any atom is -0.355 e. The van der Waals surface area contributed by atoms with Gasteiger partial charge < -0.3 is 16.0 Å². The van der Waals surface area contributed by atoms with Crippen molar-refractivity contribution in [2.45, 2.75) is 19.0 Å². The van der Waals surface area contributed by atoms with Crippen molar-refractivity contribution in [3.63, 3.8) is 0 Å². The van der Waals surface area contributed by atoms with Gasteiger partial charge in [-0.3, -0.25) is 4.79 Å². The molecule has 1 heterocycles. The van der Waals surface area contributed by atoms with Crippen LogP contribution in [0, 0.1) is 5.82 Å². The van der Waals surface area contributed by atoms with Crippen molar-refractivity contribution in [1.82, 2.24) is 10.3 Å². The van der Waals surface area contributed by atoms with E-state index in [4.69, 9.17) is 0 Å². The molecule has 3 N–H and O–H groups in total. The lowest BCUT2D eigenvalue weighted by Crippen LogP contribution is -2.20. The van der Waals surface area contributed by atoms with E-state index in [2.05, 4.69) is 27.5 Å². The highest BCUT2D eigenvalue weighted by Gasteiger charge is 2.34. The number of halogens is 4. The number of carbonyl (C=O) groups is 1. The van der Waals surface area contributed by atoms with Gasteiger partial charge in [0.15, 0.2) is 0 Å². The number of fused-ring (bicyclic) bond motifs is 1. The molecule has 3 aromatic rings. The van der Waals surface area contributed by atoms with E-state index in [-0.39, 0.29) is 22.8 Å². The van der Waals surface area contributed by atoms with Gasteiger partial charge >= 0.3 is 6.18 Å². The molecule has 0 fully saturated rings. The summed E-state index contributed by atoms with van der Waals surface area (Å²) in [7, 11) is 1.35. The number of rotatable bonds is 5. The average molecular weight is 456 g/mol. The first-order valence-corrected chi connectivity index (χ1v) is 10.1. The van der Waals surface area contributed by atoms with Gasteiger partial charge in [0.25, 0.3) is 5.91 Å². The van der Waals surface area contributed by atoms with Crippen molar-refractivity contribution in [3.05, 3.63) is 88.9 Å². The van der Waals surface area contributed by atoms with E-state index >= 15 is 0 Å². The zero-order valence-electron chi connectivity index (χ0n) is 17.6. The van der Waals surface area contributed by atoms with Crippen LogP contribution in [0.3, 0.4) is 0 Å². The van der Waals surface area contributed by atoms with Crippen molar-refractivity contribution in [3.8, 4) is 0 Å². The van der Waals surface area contributed by atoms with Gasteiger partial charge in [0.1, 0.15) is 11.6 Å². The highest BCUT2D eigenvalue weighted by atomic mass is 19.4. The van der Waals surface area contributed by atoms with E-state index in [0.29, 0.717) is 11.9 Å². The summed E-state index contributed by atoms with van der Waals surface area (Å²) >= 11 is 0. The Kier molecular flexibility index (Phi) is 5.80. The third-order valence-electron chi connectivity index (χ3n) is 5.29. The van der Waals surface area contributed by atoms with Crippen LogP contribution >= 0.6 is 0 Å². The number of aromatic nitrogens is 1. The highest BCUT2D eigenvalue weighted by molar-refractivity contribution is 6.00. The van der Waals surface area contributed by atoms with Crippen LogP contribution in [0.2, 0.25) is 0 Å². The molecule has 0 bridgehead atoms. The Bertz CT molecular complexity index is 1250. The van der Waals surface area contributed by atoms with Crippen LogP contribution in [-0.4, -0.2) is 17.9 Å². The number of nitrogens with zero attached hydrogens (tertiary/aromatic N) is 1. The first kappa shape index (κ1) is 22.3. The number of pyridine rings is 1. The number of hydrogen-bond donors (Lipinski definition) is 3. The molecule has 1 aromatic heterocycles. The molecule has 1 aliphatic rings. The Hall–Kier alpha value is -3.88. The zero-order chi connectivity index (χ0) is 23.8. The smallest absolute Gasteiger partial charge is 0.355 e. The number of hydrogen-bond acceptors (Lipinski definition) is 4. The van der Waals surface area contributed by atoms with Crippen molar-refractivity contribution in [2.75, 3.05) is 17.7 Å². The van der Waals surface area contributed by atoms with Crippen LogP contribution in [0.1, 0.15) is 27.0 Å². The number of nitrogens with one attached hydrogen (secondary N) is 3. The maximum absolute atomic E-state index is 13.7. The van der Waals surface area contributed by atoms with Crippen molar-refractivity contribution in [2.24, 2.45) is 0 Å². The first-order valence-electron chi connectivity index (χ1n) is 10.1. The summed E-state index contributed by atoms with van der Waals surface area (Å²) in [5.41, 5.74) is 2.60. The molecule has 0 unspecified atom stereocenters. The Morgan fingerprint density at radius 2 is 1.76 bits per heavy atom. The van der Waals surface area contributed by atoms with Gasteiger partial charge in [0.2, 0.25) is 0 Å². The van der Waals surface area contributed by atoms with Crippen LogP contribution in [0.25, 0.3) is 0 Å². The van der Waals surface area contributed by atoms with Gasteiger partial charge in [-0.05, 0) is 54.3 Å². The summed E-state index contributed by atoms with van der Waals surface area (Å²) in [6.45, 7) is 4.00. The van der Waals surface area contributed by atoms with Gasteiger partial charge in [-0.2, -0.15) is 13.2 Å². The predicted octanol–water partition coefficient (Wildman–Crippen LogP) is 5.74. The standard InChI is InChI=1S/C24H20F4N4O/c1-13-7-14-3-5-17(9-15(14)8-13)31-22-11-21(19(12-30-22)24(26,27)28)32-20-6-4-16(25)10-18(20)23(33)29-2/h3-6,9-12H,1,7-8H2,2H3,(H,29,33)(H2,30,31,32). The summed E-state index contributed by atoms with van der Waals surface area (Å²) < 4.78 is 54.6. The van der Waals surface area contributed by atoms with Crippen LogP contribution in [-0.2, 0) is 19.0 Å². The molecular weight excluding hydrogens is 436 g/mol. The van der Waals surface area contributed by atoms with Gasteiger partial charge in [0, 0.05) is 25.0 Å². The Labute approximate surface area is 187 Å². The Balaban J connectivity index is 1.69. The SMILES string of the molecule is C=C1Cc2ccc(Nc3cc(Nc4ccc(F)cc4C(=O)NC)c(C(F)(F)F)cn3)cc2C1. The number of benzene rings is 2. The van der Waals surface area contributed by atoms with E-state index in [1.807, 2.05) is 18.2 Å². The molecule has 0 aliphatic heterocycles. The third kappa shape index (κ3) is 4.82. The lowest BCUT2D eigenvalue weighted by Gasteiger charge is -2.18. The summed E-state index contributed by atoms with van der Waals surface area (Å²) in [5, 5.41) is 8.00. The zero-order valence-corrected chi connectivity index (χ0v) is 17.6. The molecular formula is C24H20F4N4O. The second-order valence-corrected chi connectivity index (χ2v) is 7.72. The first-order chi connectivity index (χ1) is 15.6. The average Bonchev–Trinajstić information content (AvgIpc) is 3.13. The summed E-state index contributed by atoms with van der Waals surface area (Å²) in [4.78, 5) is 16.0. The second-order valence-electron chi connectivity index (χ2n) is 7.72. The number of alkyl halides is 3. The second kappa shape index (κ2) is 8.57. The lowest BCUT2D eigenvalue weighted by atomic mass is 10.1. The van der Waals surface area contributed by atoms with E-state index in [9.17, 15) is 22.4 Å². The Morgan fingerprint density at radius 3 is 2.48 bits per heavy atom. The molecule has 0 saturated heterocycles. The largest absolute Gasteiger partial charge is 0.419 e. The topological polar surface area (TPSA) is 66.0 Å².